The Morgan fingerprint density at radius 1 is 1.20 bits per heavy atom. The predicted molar refractivity (Wildman–Crippen MR) is 57.4 cm³/mol. The van der Waals surface area contributed by atoms with Crippen LogP contribution in [-0.4, -0.2) is 31.1 Å². The van der Waals surface area contributed by atoms with Gasteiger partial charge >= 0.3 is 6.03 Å². The second-order valence-electron chi connectivity index (χ2n) is 4.12. The van der Waals surface area contributed by atoms with Crippen molar-refractivity contribution in [3.63, 3.8) is 0 Å². The second-order valence-corrected chi connectivity index (χ2v) is 4.12. The standard InChI is InChI=1S/C10H19N3O2/c1-7(2)13-10(15)12-6-5-11-9(14)8-3-4-8/h7-8H,3-6H2,1-2H3,(H,11,14)(H2,12,13,15). The van der Waals surface area contributed by atoms with Crippen LogP contribution in [0.1, 0.15) is 26.7 Å². The molecule has 1 fully saturated rings. The van der Waals surface area contributed by atoms with E-state index in [2.05, 4.69) is 16.0 Å². The average Bonchev–Trinajstić information content (AvgIpc) is 2.93. The lowest BCUT2D eigenvalue weighted by Crippen LogP contribution is -2.42. The Morgan fingerprint density at radius 2 is 1.80 bits per heavy atom. The van der Waals surface area contributed by atoms with Crippen LogP contribution in [-0.2, 0) is 4.79 Å². The Kier molecular flexibility index (Phi) is 4.39. The summed E-state index contributed by atoms with van der Waals surface area (Å²) in [6.45, 7) is 4.76. The smallest absolute Gasteiger partial charge is 0.315 e. The second kappa shape index (κ2) is 5.58. The van der Waals surface area contributed by atoms with E-state index in [4.69, 9.17) is 0 Å². The van der Waals surface area contributed by atoms with Gasteiger partial charge in [0.15, 0.2) is 0 Å². The highest BCUT2D eigenvalue weighted by atomic mass is 16.2. The molecular formula is C10H19N3O2. The SMILES string of the molecule is CC(C)NC(=O)NCCNC(=O)C1CC1. The fraction of sp³-hybridized carbons (Fsp3) is 0.800. The van der Waals surface area contributed by atoms with E-state index in [1.807, 2.05) is 13.8 Å². The van der Waals surface area contributed by atoms with Crippen molar-refractivity contribution in [2.45, 2.75) is 32.7 Å². The van der Waals surface area contributed by atoms with Gasteiger partial charge in [0.05, 0.1) is 0 Å². The molecule has 1 aliphatic rings. The van der Waals surface area contributed by atoms with Crippen molar-refractivity contribution in [3.05, 3.63) is 0 Å². The fourth-order valence-corrected chi connectivity index (χ4v) is 1.16. The van der Waals surface area contributed by atoms with E-state index in [1.165, 1.54) is 0 Å². The first-order valence-corrected chi connectivity index (χ1v) is 5.41. The van der Waals surface area contributed by atoms with Crippen LogP contribution in [0, 0.1) is 5.92 Å². The van der Waals surface area contributed by atoms with E-state index in [1.54, 1.807) is 0 Å². The summed E-state index contributed by atoms with van der Waals surface area (Å²) in [7, 11) is 0. The highest BCUT2D eigenvalue weighted by Crippen LogP contribution is 2.28. The maximum atomic E-state index is 11.2. The number of amides is 3. The van der Waals surface area contributed by atoms with Crippen LogP contribution >= 0.6 is 0 Å². The first-order valence-electron chi connectivity index (χ1n) is 5.41. The quantitative estimate of drug-likeness (QED) is 0.572. The molecule has 0 aromatic rings. The van der Waals surface area contributed by atoms with Crippen LogP contribution in [0.2, 0.25) is 0 Å². The zero-order chi connectivity index (χ0) is 11.3. The van der Waals surface area contributed by atoms with Gasteiger partial charge in [-0.1, -0.05) is 0 Å². The van der Waals surface area contributed by atoms with Crippen molar-refractivity contribution in [1.82, 2.24) is 16.0 Å². The van der Waals surface area contributed by atoms with Gasteiger partial charge in [0.1, 0.15) is 0 Å². The van der Waals surface area contributed by atoms with E-state index >= 15 is 0 Å². The normalized spacial score (nSPS) is 14.9. The number of carbonyl (C=O) groups excluding carboxylic acids is 2. The molecule has 0 aliphatic heterocycles. The molecule has 0 aromatic heterocycles. The molecule has 0 aromatic carbocycles. The minimum absolute atomic E-state index is 0.112. The third kappa shape index (κ3) is 5.24. The first-order chi connectivity index (χ1) is 7.09. The molecule has 0 unspecified atom stereocenters. The Hall–Kier alpha value is -1.26. The molecular weight excluding hydrogens is 194 g/mol. The highest BCUT2D eigenvalue weighted by molar-refractivity contribution is 5.80. The fourth-order valence-electron chi connectivity index (χ4n) is 1.16. The molecule has 3 amide bonds. The Balaban J connectivity index is 1.96. The lowest BCUT2D eigenvalue weighted by molar-refractivity contribution is -0.122. The summed E-state index contributed by atoms with van der Waals surface area (Å²) >= 11 is 0. The summed E-state index contributed by atoms with van der Waals surface area (Å²) in [6.07, 6.45) is 2.01. The molecule has 3 N–H and O–H groups in total. The number of urea groups is 1. The summed E-state index contributed by atoms with van der Waals surface area (Å²) in [5, 5.41) is 8.14. The van der Waals surface area contributed by atoms with Gasteiger partial charge in [-0.3, -0.25) is 4.79 Å². The third-order valence-corrected chi connectivity index (χ3v) is 2.08. The minimum atomic E-state index is -0.189. The third-order valence-electron chi connectivity index (χ3n) is 2.08. The Labute approximate surface area is 90.0 Å². The first kappa shape index (κ1) is 11.8. The Bertz CT molecular complexity index is 237. The van der Waals surface area contributed by atoms with Gasteiger partial charge in [0.2, 0.25) is 5.91 Å². The van der Waals surface area contributed by atoms with E-state index in [9.17, 15) is 9.59 Å². The van der Waals surface area contributed by atoms with Crippen molar-refractivity contribution in [1.29, 1.82) is 0 Å². The van der Waals surface area contributed by atoms with E-state index in [0.29, 0.717) is 13.1 Å². The molecule has 1 saturated carbocycles. The zero-order valence-corrected chi connectivity index (χ0v) is 9.30. The molecule has 5 nitrogen and oxygen atoms in total. The minimum Gasteiger partial charge on any atom is -0.354 e. The van der Waals surface area contributed by atoms with Crippen molar-refractivity contribution >= 4 is 11.9 Å². The van der Waals surface area contributed by atoms with Crippen molar-refractivity contribution in [2.75, 3.05) is 13.1 Å². The number of rotatable bonds is 5. The molecule has 0 atom stereocenters. The van der Waals surface area contributed by atoms with Crippen molar-refractivity contribution in [2.24, 2.45) is 5.92 Å². The molecule has 1 aliphatic carbocycles. The maximum Gasteiger partial charge on any atom is 0.315 e. The predicted octanol–water partition coefficient (Wildman–Crippen LogP) is 0.220. The van der Waals surface area contributed by atoms with Crippen molar-refractivity contribution in [3.8, 4) is 0 Å². The molecule has 0 heterocycles. The van der Waals surface area contributed by atoms with Crippen LogP contribution in [0.5, 0.6) is 0 Å². The molecule has 15 heavy (non-hydrogen) atoms. The van der Waals surface area contributed by atoms with E-state index in [0.717, 1.165) is 12.8 Å². The van der Waals surface area contributed by atoms with Gasteiger partial charge in [0, 0.05) is 25.0 Å². The van der Waals surface area contributed by atoms with Crippen molar-refractivity contribution < 1.29 is 9.59 Å². The molecule has 0 spiro atoms. The highest BCUT2D eigenvalue weighted by Gasteiger charge is 2.28. The van der Waals surface area contributed by atoms with E-state index in [-0.39, 0.29) is 23.9 Å². The zero-order valence-electron chi connectivity index (χ0n) is 9.30. The van der Waals surface area contributed by atoms with Gasteiger partial charge in [-0.05, 0) is 26.7 Å². The van der Waals surface area contributed by atoms with Gasteiger partial charge < -0.3 is 16.0 Å². The van der Waals surface area contributed by atoms with Gasteiger partial charge in [-0.15, -0.1) is 0 Å². The summed E-state index contributed by atoms with van der Waals surface area (Å²) in [5.41, 5.74) is 0. The van der Waals surface area contributed by atoms with Crippen LogP contribution in [0.3, 0.4) is 0 Å². The summed E-state index contributed by atoms with van der Waals surface area (Å²) in [5.74, 6) is 0.343. The molecule has 0 radical (unpaired) electrons. The van der Waals surface area contributed by atoms with E-state index < -0.39 is 0 Å². The lowest BCUT2D eigenvalue weighted by Gasteiger charge is -2.10. The Morgan fingerprint density at radius 3 is 2.33 bits per heavy atom. The number of nitrogens with one attached hydrogen (secondary N) is 3. The van der Waals surface area contributed by atoms with Gasteiger partial charge in [-0.2, -0.15) is 0 Å². The monoisotopic (exact) mass is 213 g/mol. The molecule has 1 rings (SSSR count). The average molecular weight is 213 g/mol. The lowest BCUT2D eigenvalue weighted by atomic mass is 10.4. The summed E-state index contributed by atoms with van der Waals surface area (Å²) < 4.78 is 0. The molecule has 0 bridgehead atoms. The topological polar surface area (TPSA) is 70.2 Å². The van der Waals surface area contributed by atoms with Gasteiger partial charge in [0.25, 0.3) is 0 Å². The largest absolute Gasteiger partial charge is 0.354 e. The number of hydrogen-bond acceptors (Lipinski definition) is 2. The van der Waals surface area contributed by atoms with Crippen LogP contribution in [0.4, 0.5) is 4.79 Å². The number of carbonyl (C=O) groups is 2. The van der Waals surface area contributed by atoms with Crippen LogP contribution < -0.4 is 16.0 Å². The molecule has 5 heteroatoms. The summed E-state index contributed by atoms with van der Waals surface area (Å²) in [6, 6.07) is -0.0586. The molecule has 86 valence electrons. The van der Waals surface area contributed by atoms with Gasteiger partial charge in [-0.25, -0.2) is 4.79 Å². The number of hydrogen-bond donors (Lipinski definition) is 3. The summed E-state index contributed by atoms with van der Waals surface area (Å²) in [4.78, 5) is 22.3. The maximum absolute atomic E-state index is 11.2. The molecule has 0 saturated heterocycles. The van der Waals surface area contributed by atoms with Crippen LogP contribution in [0.15, 0.2) is 0 Å². The van der Waals surface area contributed by atoms with Crippen LogP contribution in [0.25, 0.3) is 0 Å².